The lowest BCUT2D eigenvalue weighted by atomic mass is 10.2. The number of nitrogens with zero attached hydrogens (tertiary/aromatic N) is 2. The van der Waals surface area contributed by atoms with Crippen molar-refractivity contribution in [3.05, 3.63) is 29.8 Å². The monoisotopic (exact) mass is 297 g/mol. The van der Waals surface area contributed by atoms with E-state index in [9.17, 15) is 8.42 Å². The lowest BCUT2D eigenvalue weighted by Gasteiger charge is -2.29. The minimum absolute atomic E-state index is 0.429. The van der Waals surface area contributed by atoms with Crippen molar-refractivity contribution in [1.82, 2.24) is 4.31 Å². The molecule has 5 nitrogen and oxygen atoms in total. The molecule has 0 saturated carbocycles. The SMILES string of the molecule is Cc1ccc(N(CCCN)S(=O)(=O)N2CCCC2)cc1. The van der Waals surface area contributed by atoms with Crippen LogP contribution in [0, 0.1) is 6.92 Å². The Morgan fingerprint density at radius 2 is 1.80 bits per heavy atom. The summed E-state index contributed by atoms with van der Waals surface area (Å²) in [7, 11) is -3.43. The number of benzene rings is 1. The van der Waals surface area contributed by atoms with Gasteiger partial charge in [0.05, 0.1) is 5.69 Å². The number of rotatable bonds is 6. The molecule has 2 rings (SSSR count). The van der Waals surface area contributed by atoms with E-state index in [1.165, 1.54) is 4.31 Å². The van der Waals surface area contributed by atoms with Gasteiger partial charge in [-0.15, -0.1) is 0 Å². The highest BCUT2D eigenvalue weighted by Gasteiger charge is 2.31. The van der Waals surface area contributed by atoms with Crippen LogP contribution in [0.15, 0.2) is 24.3 Å². The summed E-state index contributed by atoms with van der Waals surface area (Å²) < 4.78 is 28.5. The van der Waals surface area contributed by atoms with Crippen molar-refractivity contribution in [2.45, 2.75) is 26.2 Å². The Morgan fingerprint density at radius 3 is 2.35 bits per heavy atom. The third-order valence-electron chi connectivity index (χ3n) is 3.56. The second kappa shape index (κ2) is 6.56. The van der Waals surface area contributed by atoms with E-state index in [1.54, 1.807) is 4.31 Å². The number of aryl methyl sites for hydroxylation is 1. The van der Waals surface area contributed by atoms with E-state index in [0.29, 0.717) is 32.6 Å². The van der Waals surface area contributed by atoms with Crippen molar-refractivity contribution in [2.75, 3.05) is 30.5 Å². The minimum Gasteiger partial charge on any atom is -0.330 e. The second-order valence-electron chi connectivity index (χ2n) is 5.16. The predicted octanol–water partition coefficient (Wildman–Crippen LogP) is 1.49. The lowest BCUT2D eigenvalue weighted by Crippen LogP contribution is -2.43. The normalized spacial score (nSPS) is 16.5. The summed E-state index contributed by atoms with van der Waals surface area (Å²) in [6.07, 6.45) is 2.54. The third-order valence-corrected chi connectivity index (χ3v) is 5.53. The molecule has 20 heavy (non-hydrogen) atoms. The molecular formula is C14H23N3O2S. The summed E-state index contributed by atoms with van der Waals surface area (Å²) in [4.78, 5) is 0. The van der Waals surface area contributed by atoms with Crippen molar-refractivity contribution in [2.24, 2.45) is 5.73 Å². The van der Waals surface area contributed by atoms with Crippen LogP contribution < -0.4 is 10.0 Å². The molecule has 0 aromatic heterocycles. The van der Waals surface area contributed by atoms with Crippen LogP contribution in [0.4, 0.5) is 5.69 Å². The van der Waals surface area contributed by atoms with Crippen LogP contribution in [0.1, 0.15) is 24.8 Å². The zero-order valence-corrected chi connectivity index (χ0v) is 12.8. The highest BCUT2D eigenvalue weighted by Crippen LogP contribution is 2.24. The van der Waals surface area contributed by atoms with Gasteiger partial charge in [-0.3, -0.25) is 4.31 Å². The van der Waals surface area contributed by atoms with Gasteiger partial charge in [0, 0.05) is 19.6 Å². The van der Waals surface area contributed by atoms with Crippen molar-refractivity contribution < 1.29 is 8.42 Å². The van der Waals surface area contributed by atoms with Crippen LogP contribution in [-0.4, -0.2) is 38.9 Å². The van der Waals surface area contributed by atoms with Crippen LogP contribution in [0.3, 0.4) is 0 Å². The molecule has 0 amide bonds. The van der Waals surface area contributed by atoms with Gasteiger partial charge in [0.25, 0.3) is 0 Å². The zero-order chi connectivity index (χ0) is 14.6. The van der Waals surface area contributed by atoms with Crippen LogP contribution in [0.2, 0.25) is 0 Å². The Bertz CT molecular complexity index is 522. The van der Waals surface area contributed by atoms with E-state index in [1.807, 2.05) is 31.2 Å². The summed E-state index contributed by atoms with van der Waals surface area (Å²) in [5.41, 5.74) is 7.38. The molecule has 0 aliphatic carbocycles. The maximum atomic E-state index is 12.7. The Labute approximate surface area is 121 Å². The van der Waals surface area contributed by atoms with Crippen molar-refractivity contribution >= 4 is 15.9 Å². The highest BCUT2D eigenvalue weighted by atomic mass is 32.2. The maximum Gasteiger partial charge on any atom is 0.304 e. The molecular weight excluding hydrogens is 274 g/mol. The summed E-state index contributed by atoms with van der Waals surface area (Å²) in [5, 5.41) is 0. The first-order valence-electron chi connectivity index (χ1n) is 7.10. The van der Waals surface area contributed by atoms with Gasteiger partial charge in [-0.05, 0) is 44.9 Å². The second-order valence-corrected chi connectivity index (χ2v) is 7.02. The van der Waals surface area contributed by atoms with Crippen molar-refractivity contribution in [3.63, 3.8) is 0 Å². The first-order chi connectivity index (χ1) is 9.55. The number of hydrogen-bond donors (Lipinski definition) is 1. The molecule has 1 aliphatic heterocycles. The highest BCUT2D eigenvalue weighted by molar-refractivity contribution is 7.90. The van der Waals surface area contributed by atoms with Crippen molar-refractivity contribution in [1.29, 1.82) is 0 Å². The Morgan fingerprint density at radius 1 is 1.20 bits per heavy atom. The summed E-state index contributed by atoms with van der Waals surface area (Å²) >= 11 is 0. The molecule has 6 heteroatoms. The van der Waals surface area contributed by atoms with E-state index in [0.717, 1.165) is 24.1 Å². The molecule has 1 heterocycles. The van der Waals surface area contributed by atoms with Gasteiger partial charge in [0.2, 0.25) is 0 Å². The Balaban J connectivity index is 2.28. The molecule has 112 valence electrons. The molecule has 1 aliphatic rings. The van der Waals surface area contributed by atoms with E-state index >= 15 is 0 Å². The zero-order valence-electron chi connectivity index (χ0n) is 12.0. The van der Waals surface area contributed by atoms with Gasteiger partial charge in [0.15, 0.2) is 0 Å². The molecule has 1 fully saturated rings. The largest absolute Gasteiger partial charge is 0.330 e. The summed E-state index contributed by atoms with van der Waals surface area (Å²) in [6.45, 7) is 4.14. The maximum absolute atomic E-state index is 12.7. The average molecular weight is 297 g/mol. The van der Waals surface area contributed by atoms with Gasteiger partial charge in [-0.25, -0.2) is 0 Å². The fourth-order valence-electron chi connectivity index (χ4n) is 2.38. The molecule has 0 unspecified atom stereocenters. The van der Waals surface area contributed by atoms with Crippen LogP contribution in [-0.2, 0) is 10.2 Å². The van der Waals surface area contributed by atoms with Gasteiger partial charge in [-0.2, -0.15) is 12.7 Å². The topological polar surface area (TPSA) is 66.6 Å². The quantitative estimate of drug-likeness (QED) is 0.865. The predicted molar refractivity (Wildman–Crippen MR) is 81.9 cm³/mol. The van der Waals surface area contributed by atoms with Gasteiger partial charge < -0.3 is 5.73 Å². The smallest absolute Gasteiger partial charge is 0.304 e. The Kier molecular flexibility index (Phi) is 5.01. The fourth-order valence-corrected chi connectivity index (χ4v) is 4.13. The molecule has 0 spiro atoms. The fraction of sp³-hybridized carbons (Fsp3) is 0.571. The number of anilines is 1. The number of nitrogens with two attached hydrogens (primary N) is 1. The third kappa shape index (κ3) is 3.31. The van der Waals surface area contributed by atoms with E-state index in [4.69, 9.17) is 5.73 Å². The first-order valence-corrected chi connectivity index (χ1v) is 8.50. The van der Waals surface area contributed by atoms with Gasteiger partial charge in [0.1, 0.15) is 0 Å². The summed E-state index contributed by atoms with van der Waals surface area (Å²) in [5.74, 6) is 0. The van der Waals surface area contributed by atoms with Crippen LogP contribution >= 0.6 is 0 Å². The number of hydrogen-bond acceptors (Lipinski definition) is 3. The lowest BCUT2D eigenvalue weighted by molar-refractivity contribution is 0.472. The van der Waals surface area contributed by atoms with Gasteiger partial charge >= 0.3 is 10.2 Å². The molecule has 0 bridgehead atoms. The molecule has 2 N–H and O–H groups in total. The first kappa shape index (κ1) is 15.3. The van der Waals surface area contributed by atoms with E-state index < -0.39 is 10.2 Å². The van der Waals surface area contributed by atoms with Crippen LogP contribution in [0.5, 0.6) is 0 Å². The van der Waals surface area contributed by atoms with Gasteiger partial charge in [-0.1, -0.05) is 17.7 Å². The standard InChI is InChI=1S/C14H23N3O2S/c1-13-5-7-14(8-6-13)17(12-4-9-15)20(18,19)16-10-2-3-11-16/h5-8H,2-4,9-12,15H2,1H3. The molecule has 0 atom stereocenters. The minimum atomic E-state index is -3.43. The van der Waals surface area contributed by atoms with Crippen LogP contribution in [0.25, 0.3) is 0 Å². The summed E-state index contributed by atoms with van der Waals surface area (Å²) in [6, 6.07) is 7.59. The average Bonchev–Trinajstić information content (AvgIpc) is 2.96. The molecule has 1 saturated heterocycles. The van der Waals surface area contributed by atoms with Crippen molar-refractivity contribution in [3.8, 4) is 0 Å². The molecule has 0 radical (unpaired) electrons. The molecule has 1 aromatic carbocycles. The van der Waals surface area contributed by atoms with E-state index in [2.05, 4.69) is 0 Å². The Hall–Kier alpha value is -1.11. The molecule has 1 aromatic rings. The van der Waals surface area contributed by atoms with E-state index in [-0.39, 0.29) is 0 Å².